The van der Waals surface area contributed by atoms with Crippen molar-refractivity contribution in [2.75, 3.05) is 72.0 Å². The number of ether oxygens (including phenoxy) is 4. The van der Waals surface area contributed by atoms with Gasteiger partial charge in [-0.15, -0.1) is 0 Å². The minimum Gasteiger partial charge on any atom is -0.459 e. The maximum Gasteiger partial charge on any atom is 0.323 e. The van der Waals surface area contributed by atoms with Gasteiger partial charge in [0.2, 0.25) is 0 Å². The Morgan fingerprint density at radius 3 is 1.02 bits per heavy atom. The molecular weight excluding hydrogens is 604 g/mol. The Bertz CT molecular complexity index is 961. The fourth-order valence-electron chi connectivity index (χ4n) is 5.10. The SMILES string of the molecule is CCCC(C(=O)OC(C)(C)C)N1CCN(CC(=O)OC(C)(C)C)CCN(CC(=O)OC(C)(C)C)CCN(CC(=O)OC(C)(C)C)CC1. The number of hydrogen-bond acceptors (Lipinski definition) is 12. The highest BCUT2D eigenvalue weighted by molar-refractivity contribution is 5.76. The highest BCUT2D eigenvalue weighted by Crippen LogP contribution is 2.17. The van der Waals surface area contributed by atoms with Gasteiger partial charge in [0.05, 0.1) is 19.6 Å². The summed E-state index contributed by atoms with van der Waals surface area (Å²) >= 11 is 0. The standard InChI is InChI=1S/C35H66N4O8/c1-14-15-27(31(43)47-35(11,12)13)39-22-20-37(25-29(41)45-33(5,6)7)18-16-36(24-28(40)44-32(2,3)4)17-19-38(21-23-39)26-30(42)46-34(8,9)10/h27H,14-26H2,1-13H3. The van der Waals surface area contributed by atoms with Crippen LogP contribution in [0.4, 0.5) is 0 Å². The molecule has 1 aliphatic heterocycles. The Morgan fingerprint density at radius 1 is 0.489 bits per heavy atom. The van der Waals surface area contributed by atoms with E-state index in [1.807, 2.05) is 105 Å². The van der Waals surface area contributed by atoms with Gasteiger partial charge in [0.15, 0.2) is 0 Å². The third-order valence-electron chi connectivity index (χ3n) is 6.87. The quantitative estimate of drug-likeness (QED) is 0.249. The van der Waals surface area contributed by atoms with Crippen LogP contribution in [0.25, 0.3) is 0 Å². The molecule has 0 aromatic heterocycles. The lowest BCUT2D eigenvalue weighted by Gasteiger charge is -2.37. The zero-order valence-corrected chi connectivity index (χ0v) is 31.8. The van der Waals surface area contributed by atoms with E-state index in [0.29, 0.717) is 58.8 Å². The van der Waals surface area contributed by atoms with Crippen molar-refractivity contribution < 1.29 is 38.1 Å². The highest BCUT2D eigenvalue weighted by atomic mass is 16.6. The first kappa shape index (κ1) is 42.7. The van der Waals surface area contributed by atoms with E-state index in [2.05, 4.69) is 4.90 Å². The molecule has 274 valence electrons. The highest BCUT2D eigenvalue weighted by Gasteiger charge is 2.32. The molecule has 12 heteroatoms. The molecule has 0 bridgehead atoms. The number of nitrogens with zero attached hydrogens (tertiary/aromatic N) is 4. The largest absolute Gasteiger partial charge is 0.459 e. The summed E-state index contributed by atoms with van der Waals surface area (Å²) < 4.78 is 22.8. The predicted octanol–water partition coefficient (Wildman–Crippen LogP) is 3.74. The van der Waals surface area contributed by atoms with E-state index in [9.17, 15) is 19.2 Å². The van der Waals surface area contributed by atoms with E-state index in [1.165, 1.54) is 0 Å². The molecule has 0 radical (unpaired) electrons. The van der Waals surface area contributed by atoms with Crippen LogP contribution in [0.5, 0.6) is 0 Å². The molecule has 0 spiro atoms. The van der Waals surface area contributed by atoms with Crippen molar-refractivity contribution in [1.82, 2.24) is 19.6 Å². The molecule has 0 aromatic carbocycles. The zero-order valence-electron chi connectivity index (χ0n) is 31.8. The second-order valence-corrected chi connectivity index (χ2v) is 16.5. The molecule has 1 saturated heterocycles. The van der Waals surface area contributed by atoms with Crippen LogP contribution in [-0.4, -0.2) is 144 Å². The Morgan fingerprint density at radius 2 is 0.766 bits per heavy atom. The van der Waals surface area contributed by atoms with Gasteiger partial charge in [0, 0.05) is 52.4 Å². The van der Waals surface area contributed by atoms with Crippen molar-refractivity contribution in [3.8, 4) is 0 Å². The minimum atomic E-state index is -0.640. The molecule has 12 nitrogen and oxygen atoms in total. The molecule has 0 N–H and O–H groups in total. The molecule has 1 aliphatic rings. The monoisotopic (exact) mass is 670 g/mol. The van der Waals surface area contributed by atoms with Crippen LogP contribution in [0.1, 0.15) is 103 Å². The summed E-state index contributed by atoms with van der Waals surface area (Å²) in [7, 11) is 0. The van der Waals surface area contributed by atoms with Crippen molar-refractivity contribution in [1.29, 1.82) is 0 Å². The number of carbonyl (C=O) groups excluding carboxylic acids is 4. The molecule has 47 heavy (non-hydrogen) atoms. The van der Waals surface area contributed by atoms with Gasteiger partial charge >= 0.3 is 23.9 Å². The van der Waals surface area contributed by atoms with Crippen molar-refractivity contribution in [2.24, 2.45) is 0 Å². The summed E-state index contributed by atoms with van der Waals surface area (Å²) in [6.07, 6.45) is 1.39. The second-order valence-electron chi connectivity index (χ2n) is 16.5. The van der Waals surface area contributed by atoms with Gasteiger partial charge in [-0.1, -0.05) is 13.3 Å². The van der Waals surface area contributed by atoms with Gasteiger partial charge in [-0.05, 0) is 89.5 Å². The summed E-state index contributed by atoms with van der Waals surface area (Å²) in [5.74, 6) is -1.30. The molecule has 1 unspecified atom stereocenters. The Hall–Kier alpha value is -2.28. The molecule has 0 aromatic rings. The van der Waals surface area contributed by atoms with Crippen LogP contribution in [0.3, 0.4) is 0 Å². The van der Waals surface area contributed by atoms with E-state index < -0.39 is 28.4 Å². The second kappa shape index (κ2) is 18.5. The first-order valence-electron chi connectivity index (χ1n) is 17.2. The average molecular weight is 671 g/mol. The summed E-state index contributed by atoms with van der Waals surface area (Å²) in [5.41, 5.74) is -2.52. The smallest absolute Gasteiger partial charge is 0.323 e. The normalized spacial score (nSPS) is 18.4. The van der Waals surface area contributed by atoms with Crippen molar-refractivity contribution in [2.45, 2.75) is 131 Å². The lowest BCUT2D eigenvalue weighted by atomic mass is 10.1. The van der Waals surface area contributed by atoms with E-state index in [0.717, 1.165) is 6.42 Å². The van der Waals surface area contributed by atoms with Crippen LogP contribution >= 0.6 is 0 Å². The Labute approximate surface area is 284 Å². The fourth-order valence-corrected chi connectivity index (χ4v) is 5.10. The maximum absolute atomic E-state index is 13.5. The Kier molecular flexibility index (Phi) is 16.8. The van der Waals surface area contributed by atoms with Crippen LogP contribution < -0.4 is 0 Å². The first-order chi connectivity index (χ1) is 21.4. The Balaban J connectivity index is 3.42. The maximum atomic E-state index is 13.5. The average Bonchev–Trinajstić information content (AvgIpc) is 2.83. The molecule has 1 fully saturated rings. The van der Waals surface area contributed by atoms with Crippen molar-refractivity contribution in [3.05, 3.63) is 0 Å². The molecule has 0 aliphatic carbocycles. The summed E-state index contributed by atoms with van der Waals surface area (Å²) in [6.45, 7) is 28.2. The molecule has 1 heterocycles. The number of carbonyl (C=O) groups is 4. The number of esters is 4. The molecule has 1 rings (SSSR count). The minimum absolute atomic E-state index is 0.0705. The predicted molar refractivity (Wildman–Crippen MR) is 183 cm³/mol. The van der Waals surface area contributed by atoms with Crippen LogP contribution in [0.2, 0.25) is 0 Å². The lowest BCUT2D eigenvalue weighted by Crippen LogP contribution is -2.53. The molecule has 0 amide bonds. The number of hydrogen-bond donors (Lipinski definition) is 0. The van der Waals surface area contributed by atoms with Crippen molar-refractivity contribution >= 4 is 23.9 Å². The van der Waals surface area contributed by atoms with Crippen LogP contribution in [0.15, 0.2) is 0 Å². The molecular formula is C35H66N4O8. The van der Waals surface area contributed by atoms with Gasteiger partial charge in [-0.25, -0.2) is 0 Å². The first-order valence-corrected chi connectivity index (χ1v) is 17.2. The van der Waals surface area contributed by atoms with E-state index >= 15 is 0 Å². The topological polar surface area (TPSA) is 118 Å². The molecule has 0 saturated carbocycles. The summed E-state index contributed by atoms with van der Waals surface area (Å²) in [5, 5.41) is 0. The lowest BCUT2D eigenvalue weighted by molar-refractivity contribution is -0.163. The van der Waals surface area contributed by atoms with Crippen LogP contribution in [0, 0.1) is 0 Å². The van der Waals surface area contributed by atoms with Gasteiger partial charge in [0.1, 0.15) is 28.4 Å². The van der Waals surface area contributed by atoms with Crippen molar-refractivity contribution in [3.63, 3.8) is 0 Å². The van der Waals surface area contributed by atoms with Gasteiger partial charge in [0.25, 0.3) is 0 Å². The van der Waals surface area contributed by atoms with Gasteiger partial charge in [-0.3, -0.25) is 38.8 Å². The van der Waals surface area contributed by atoms with E-state index in [-0.39, 0.29) is 43.5 Å². The summed E-state index contributed by atoms with van der Waals surface area (Å²) in [4.78, 5) is 60.4. The molecule has 1 atom stereocenters. The van der Waals surface area contributed by atoms with Gasteiger partial charge in [-0.2, -0.15) is 0 Å². The summed E-state index contributed by atoms with van der Waals surface area (Å²) in [6, 6.07) is -0.488. The zero-order chi connectivity index (χ0) is 36.2. The van der Waals surface area contributed by atoms with E-state index in [1.54, 1.807) is 0 Å². The van der Waals surface area contributed by atoms with Crippen LogP contribution in [-0.2, 0) is 38.1 Å². The van der Waals surface area contributed by atoms with Gasteiger partial charge < -0.3 is 18.9 Å². The number of rotatable bonds is 10. The third kappa shape index (κ3) is 20.6. The third-order valence-corrected chi connectivity index (χ3v) is 6.87. The van der Waals surface area contributed by atoms with E-state index in [4.69, 9.17) is 18.9 Å². The fraction of sp³-hybridized carbons (Fsp3) is 0.886.